The van der Waals surface area contributed by atoms with Gasteiger partial charge >= 0.3 is 0 Å². The number of hydrogen-bond acceptors (Lipinski definition) is 4. The predicted molar refractivity (Wildman–Crippen MR) is 83.2 cm³/mol. The first-order valence-corrected chi connectivity index (χ1v) is 8.65. The van der Waals surface area contributed by atoms with Crippen LogP contribution in [-0.2, 0) is 16.6 Å². The highest BCUT2D eigenvalue weighted by atomic mass is 35.5. The Kier molecular flexibility index (Phi) is 6.93. The Morgan fingerprint density at radius 1 is 1.38 bits per heavy atom. The van der Waals surface area contributed by atoms with E-state index in [-0.39, 0.29) is 22.3 Å². The van der Waals surface area contributed by atoms with Crippen molar-refractivity contribution in [3.05, 3.63) is 22.7 Å². The molecular weight excluding hydrogens is 314 g/mol. The summed E-state index contributed by atoms with van der Waals surface area (Å²) in [6.07, 6.45) is 1.70. The number of benzene rings is 1. The molecule has 0 unspecified atom stereocenters. The van der Waals surface area contributed by atoms with Crippen molar-refractivity contribution in [2.75, 3.05) is 13.7 Å². The highest BCUT2D eigenvalue weighted by molar-refractivity contribution is 7.89. The fourth-order valence-corrected chi connectivity index (χ4v) is 3.58. The molecular formula is C14H22ClNO4S. The highest BCUT2D eigenvalue weighted by Crippen LogP contribution is 2.31. The lowest BCUT2D eigenvalue weighted by Gasteiger charge is -2.14. The molecule has 0 aliphatic carbocycles. The Labute approximate surface area is 131 Å². The Balaban J connectivity index is 2.99. The van der Waals surface area contributed by atoms with Crippen molar-refractivity contribution in [1.29, 1.82) is 0 Å². The second-order valence-electron chi connectivity index (χ2n) is 5.19. The van der Waals surface area contributed by atoms with Crippen molar-refractivity contribution in [2.24, 2.45) is 5.92 Å². The second kappa shape index (κ2) is 7.98. The zero-order valence-corrected chi connectivity index (χ0v) is 14.1. The van der Waals surface area contributed by atoms with Crippen LogP contribution in [-0.4, -0.2) is 27.2 Å². The van der Waals surface area contributed by atoms with E-state index in [1.54, 1.807) is 0 Å². The van der Waals surface area contributed by atoms with Crippen LogP contribution in [0.5, 0.6) is 5.75 Å². The number of methoxy groups -OCH3 is 1. The lowest BCUT2D eigenvalue weighted by molar-refractivity contribution is 0.272. The van der Waals surface area contributed by atoms with Gasteiger partial charge in [-0.25, -0.2) is 13.1 Å². The van der Waals surface area contributed by atoms with E-state index < -0.39 is 10.0 Å². The summed E-state index contributed by atoms with van der Waals surface area (Å²) >= 11 is 5.91. The summed E-state index contributed by atoms with van der Waals surface area (Å²) in [5.74, 6) is 0.648. The van der Waals surface area contributed by atoms with E-state index in [4.69, 9.17) is 16.3 Å². The van der Waals surface area contributed by atoms with Crippen LogP contribution in [0.3, 0.4) is 0 Å². The third-order valence-electron chi connectivity index (χ3n) is 3.01. The number of aliphatic hydroxyl groups is 1. The first-order valence-electron chi connectivity index (χ1n) is 6.78. The zero-order valence-electron chi connectivity index (χ0n) is 12.5. The van der Waals surface area contributed by atoms with Gasteiger partial charge in [0.05, 0.1) is 13.7 Å². The van der Waals surface area contributed by atoms with Gasteiger partial charge < -0.3 is 9.84 Å². The number of rotatable bonds is 8. The van der Waals surface area contributed by atoms with Crippen LogP contribution in [0.4, 0.5) is 0 Å². The number of ether oxygens (including phenoxy) is 1. The largest absolute Gasteiger partial charge is 0.495 e. The summed E-state index contributed by atoms with van der Waals surface area (Å²) < 4.78 is 32.3. The van der Waals surface area contributed by atoms with Crippen LogP contribution in [0.25, 0.3) is 0 Å². The van der Waals surface area contributed by atoms with Crippen LogP contribution >= 0.6 is 11.6 Å². The van der Waals surface area contributed by atoms with E-state index in [0.717, 1.165) is 12.8 Å². The molecule has 0 bridgehead atoms. The number of sulfonamides is 1. The summed E-state index contributed by atoms with van der Waals surface area (Å²) in [7, 11) is -2.37. The van der Waals surface area contributed by atoms with Gasteiger partial charge in [-0.15, -0.1) is 0 Å². The average Bonchev–Trinajstić information content (AvgIpc) is 2.42. The molecule has 0 heterocycles. The van der Waals surface area contributed by atoms with Crippen molar-refractivity contribution < 1.29 is 18.3 Å². The lowest BCUT2D eigenvalue weighted by Crippen LogP contribution is -2.25. The standard InChI is InChI=1S/C14H22ClNO4S/c1-10(2)5-4-6-16-21(18,19)13-8-12(15)7-11(9-17)14(13)20-3/h7-8,10,16-17H,4-6,9H2,1-3H3. The van der Waals surface area contributed by atoms with Crippen molar-refractivity contribution in [2.45, 2.75) is 38.2 Å². The predicted octanol–water partition coefficient (Wildman–Crippen LogP) is 2.56. The highest BCUT2D eigenvalue weighted by Gasteiger charge is 2.22. The molecule has 0 spiro atoms. The Morgan fingerprint density at radius 2 is 2.05 bits per heavy atom. The zero-order chi connectivity index (χ0) is 16.0. The monoisotopic (exact) mass is 335 g/mol. The van der Waals surface area contributed by atoms with Gasteiger partial charge in [0, 0.05) is 17.1 Å². The minimum absolute atomic E-state index is 0.0499. The maximum atomic E-state index is 12.3. The Hall–Kier alpha value is -0.820. The lowest BCUT2D eigenvalue weighted by atomic mass is 10.1. The number of hydrogen-bond donors (Lipinski definition) is 2. The van der Waals surface area contributed by atoms with Gasteiger partial charge in [-0.1, -0.05) is 25.4 Å². The molecule has 2 N–H and O–H groups in total. The van der Waals surface area contributed by atoms with Gasteiger partial charge in [0.15, 0.2) is 0 Å². The smallest absolute Gasteiger partial charge is 0.244 e. The van der Waals surface area contributed by atoms with Gasteiger partial charge in [-0.3, -0.25) is 0 Å². The molecule has 1 aromatic rings. The number of halogens is 1. The molecule has 120 valence electrons. The van der Waals surface area contributed by atoms with Gasteiger partial charge in [0.1, 0.15) is 10.6 Å². The van der Waals surface area contributed by atoms with Crippen LogP contribution in [0.1, 0.15) is 32.3 Å². The SMILES string of the molecule is COc1c(CO)cc(Cl)cc1S(=O)(=O)NCCCC(C)C. The van der Waals surface area contributed by atoms with Crippen molar-refractivity contribution in [1.82, 2.24) is 4.72 Å². The first kappa shape index (κ1) is 18.2. The van der Waals surface area contributed by atoms with Crippen LogP contribution in [0.2, 0.25) is 5.02 Å². The molecule has 0 aliphatic rings. The minimum Gasteiger partial charge on any atom is -0.495 e. The summed E-state index contributed by atoms with van der Waals surface area (Å²) in [6, 6.07) is 2.81. The normalized spacial score (nSPS) is 11.9. The van der Waals surface area contributed by atoms with E-state index >= 15 is 0 Å². The maximum Gasteiger partial charge on any atom is 0.244 e. The molecule has 0 aromatic heterocycles. The van der Waals surface area contributed by atoms with E-state index in [0.29, 0.717) is 18.0 Å². The average molecular weight is 336 g/mol. The number of aliphatic hydroxyl groups excluding tert-OH is 1. The molecule has 0 fully saturated rings. The molecule has 0 amide bonds. The fourth-order valence-electron chi connectivity index (χ4n) is 1.97. The van der Waals surface area contributed by atoms with Crippen molar-refractivity contribution in [3.63, 3.8) is 0 Å². The van der Waals surface area contributed by atoms with Crippen molar-refractivity contribution in [3.8, 4) is 5.75 Å². The van der Waals surface area contributed by atoms with E-state index in [9.17, 15) is 13.5 Å². The van der Waals surface area contributed by atoms with E-state index in [1.165, 1.54) is 19.2 Å². The van der Waals surface area contributed by atoms with Crippen LogP contribution in [0, 0.1) is 5.92 Å². The Bertz CT molecular complexity index is 573. The van der Waals surface area contributed by atoms with Crippen LogP contribution in [0.15, 0.2) is 17.0 Å². The second-order valence-corrected chi connectivity index (χ2v) is 7.36. The topological polar surface area (TPSA) is 75.6 Å². The maximum absolute atomic E-state index is 12.3. The van der Waals surface area contributed by atoms with Gasteiger partial charge in [-0.2, -0.15) is 0 Å². The summed E-state index contributed by atoms with van der Waals surface area (Å²) in [6.45, 7) is 4.17. The Morgan fingerprint density at radius 3 is 2.57 bits per heavy atom. The molecule has 0 saturated carbocycles. The molecule has 0 radical (unpaired) electrons. The van der Waals surface area contributed by atoms with Gasteiger partial charge in [0.2, 0.25) is 10.0 Å². The van der Waals surface area contributed by atoms with Crippen LogP contribution < -0.4 is 9.46 Å². The molecule has 0 aliphatic heterocycles. The molecule has 21 heavy (non-hydrogen) atoms. The first-order chi connectivity index (χ1) is 9.81. The minimum atomic E-state index is -3.73. The third kappa shape index (κ3) is 5.14. The summed E-state index contributed by atoms with van der Waals surface area (Å²) in [5.41, 5.74) is 0.340. The van der Waals surface area contributed by atoms with Gasteiger partial charge in [-0.05, 0) is 30.9 Å². The third-order valence-corrected chi connectivity index (χ3v) is 4.70. The van der Waals surface area contributed by atoms with E-state index in [1.807, 2.05) is 0 Å². The van der Waals surface area contributed by atoms with E-state index in [2.05, 4.69) is 18.6 Å². The molecule has 5 nitrogen and oxygen atoms in total. The van der Waals surface area contributed by atoms with Gasteiger partial charge in [0.25, 0.3) is 0 Å². The molecule has 0 saturated heterocycles. The molecule has 7 heteroatoms. The summed E-state index contributed by atoms with van der Waals surface area (Å²) in [5, 5.41) is 9.52. The fraction of sp³-hybridized carbons (Fsp3) is 0.571. The summed E-state index contributed by atoms with van der Waals surface area (Å²) in [4.78, 5) is -0.0499. The number of nitrogens with one attached hydrogen (secondary N) is 1. The van der Waals surface area contributed by atoms with Crippen molar-refractivity contribution >= 4 is 21.6 Å². The molecule has 0 atom stereocenters. The quantitative estimate of drug-likeness (QED) is 0.716. The molecule has 1 aromatic carbocycles. The molecule has 1 rings (SSSR count).